The third kappa shape index (κ3) is 7.52. The van der Waals surface area contributed by atoms with Crippen LogP contribution in [0.5, 0.6) is 6.01 Å². The van der Waals surface area contributed by atoms with Crippen molar-refractivity contribution in [3.05, 3.63) is 0 Å². The number of rotatable bonds is 9. The molecule has 0 spiro atoms. The predicted molar refractivity (Wildman–Crippen MR) is 73.6 cm³/mol. The Balaban J connectivity index is 2.46. The summed E-state index contributed by atoms with van der Waals surface area (Å²) in [6, 6.07) is 0.189. The number of alkyl halides is 3. The quantitative estimate of drug-likeness (QED) is 0.684. The maximum Gasteiger partial charge on any atom is 0.389 e. The van der Waals surface area contributed by atoms with E-state index in [2.05, 4.69) is 25.6 Å². The van der Waals surface area contributed by atoms with Gasteiger partial charge < -0.3 is 15.4 Å². The monoisotopic (exact) mass is 307 g/mol. The summed E-state index contributed by atoms with van der Waals surface area (Å²) in [7, 11) is 1.66. The van der Waals surface area contributed by atoms with Gasteiger partial charge in [0.1, 0.15) is 0 Å². The second-order valence-electron chi connectivity index (χ2n) is 4.36. The Bertz CT molecular complexity index is 428. The zero-order valence-electron chi connectivity index (χ0n) is 12.1. The molecular weight excluding hydrogens is 287 g/mol. The number of unbranched alkanes of at least 4 members (excludes halogenated alkanes) is 1. The number of nitrogens with one attached hydrogen (secondary N) is 2. The first-order chi connectivity index (χ1) is 9.94. The molecule has 6 nitrogen and oxygen atoms in total. The first-order valence-corrected chi connectivity index (χ1v) is 6.82. The molecule has 0 fully saturated rings. The van der Waals surface area contributed by atoms with E-state index in [9.17, 15) is 13.2 Å². The van der Waals surface area contributed by atoms with E-state index < -0.39 is 12.6 Å². The number of hydrogen-bond donors (Lipinski definition) is 2. The van der Waals surface area contributed by atoms with Gasteiger partial charge >= 0.3 is 12.2 Å². The molecule has 0 bridgehead atoms. The summed E-state index contributed by atoms with van der Waals surface area (Å²) >= 11 is 0. The average Bonchev–Trinajstić information content (AvgIpc) is 2.43. The van der Waals surface area contributed by atoms with Crippen LogP contribution >= 0.6 is 0 Å². The van der Waals surface area contributed by atoms with E-state index in [1.807, 2.05) is 6.92 Å². The van der Waals surface area contributed by atoms with Gasteiger partial charge in [0.05, 0.1) is 6.61 Å². The Kier molecular flexibility index (Phi) is 6.97. The molecule has 0 aromatic carbocycles. The van der Waals surface area contributed by atoms with Crippen LogP contribution in [0.1, 0.15) is 32.6 Å². The zero-order chi connectivity index (χ0) is 15.7. The van der Waals surface area contributed by atoms with Gasteiger partial charge in [0.25, 0.3) is 0 Å². The molecule has 0 unspecified atom stereocenters. The van der Waals surface area contributed by atoms with Crippen molar-refractivity contribution in [3.63, 3.8) is 0 Å². The van der Waals surface area contributed by atoms with E-state index in [1.165, 1.54) is 0 Å². The summed E-state index contributed by atoms with van der Waals surface area (Å²) in [6.45, 7) is 2.80. The Morgan fingerprint density at radius 3 is 2.43 bits per heavy atom. The van der Waals surface area contributed by atoms with Gasteiger partial charge in [-0.1, -0.05) is 6.92 Å². The standard InChI is InChI=1S/C12H20F3N5O/c1-3-8-21-11-19-9(16-2)18-10(20-11)17-7-5-4-6-12(13,14)15/h3-8H2,1-2H3,(H2,16,17,18,19,20). The normalized spacial score (nSPS) is 11.3. The van der Waals surface area contributed by atoms with Crippen molar-refractivity contribution >= 4 is 11.9 Å². The van der Waals surface area contributed by atoms with Crippen molar-refractivity contribution in [3.8, 4) is 6.01 Å². The van der Waals surface area contributed by atoms with E-state index in [0.29, 0.717) is 25.5 Å². The molecule has 0 atom stereocenters. The Labute approximate surface area is 121 Å². The Morgan fingerprint density at radius 1 is 1.10 bits per heavy atom. The molecule has 0 aliphatic carbocycles. The summed E-state index contributed by atoms with van der Waals surface area (Å²) in [6.07, 6.45) is -3.61. The molecule has 0 aliphatic rings. The van der Waals surface area contributed by atoms with Crippen LogP contribution < -0.4 is 15.4 Å². The van der Waals surface area contributed by atoms with Crippen LogP contribution in [0.25, 0.3) is 0 Å². The molecule has 0 saturated heterocycles. The second kappa shape index (κ2) is 8.48. The van der Waals surface area contributed by atoms with Crippen molar-refractivity contribution in [2.24, 2.45) is 0 Å². The number of hydrogen-bond acceptors (Lipinski definition) is 6. The molecule has 1 aromatic rings. The Morgan fingerprint density at radius 2 is 1.81 bits per heavy atom. The van der Waals surface area contributed by atoms with Crippen molar-refractivity contribution in [2.75, 3.05) is 30.8 Å². The van der Waals surface area contributed by atoms with Crippen LogP contribution in [0.3, 0.4) is 0 Å². The fourth-order valence-corrected chi connectivity index (χ4v) is 1.46. The molecule has 1 aromatic heterocycles. The fraction of sp³-hybridized carbons (Fsp3) is 0.750. The maximum atomic E-state index is 12.0. The first-order valence-electron chi connectivity index (χ1n) is 6.82. The van der Waals surface area contributed by atoms with Gasteiger partial charge in [0.2, 0.25) is 11.9 Å². The highest BCUT2D eigenvalue weighted by atomic mass is 19.4. The lowest BCUT2D eigenvalue weighted by Crippen LogP contribution is -2.12. The van der Waals surface area contributed by atoms with Gasteiger partial charge in [0.15, 0.2) is 0 Å². The molecule has 21 heavy (non-hydrogen) atoms. The molecule has 0 aliphatic heterocycles. The molecule has 1 heterocycles. The summed E-state index contributed by atoms with van der Waals surface area (Å²) in [5.74, 6) is 0.626. The van der Waals surface area contributed by atoms with Gasteiger partial charge in [-0.05, 0) is 19.3 Å². The van der Waals surface area contributed by atoms with E-state index >= 15 is 0 Å². The van der Waals surface area contributed by atoms with Gasteiger partial charge in [-0.25, -0.2) is 0 Å². The van der Waals surface area contributed by atoms with Crippen LogP contribution in [0.4, 0.5) is 25.1 Å². The molecule has 0 amide bonds. The number of nitrogens with zero attached hydrogens (tertiary/aromatic N) is 3. The molecule has 0 radical (unpaired) electrons. The zero-order valence-corrected chi connectivity index (χ0v) is 12.1. The van der Waals surface area contributed by atoms with Crippen molar-refractivity contribution < 1.29 is 17.9 Å². The minimum atomic E-state index is -4.10. The maximum absolute atomic E-state index is 12.0. The number of anilines is 2. The first kappa shape index (κ1) is 17.3. The topological polar surface area (TPSA) is 72.0 Å². The third-order valence-electron chi connectivity index (χ3n) is 2.44. The molecule has 2 N–H and O–H groups in total. The van der Waals surface area contributed by atoms with E-state index in [4.69, 9.17) is 4.74 Å². The highest BCUT2D eigenvalue weighted by Crippen LogP contribution is 2.22. The lowest BCUT2D eigenvalue weighted by molar-refractivity contribution is -0.135. The summed E-state index contributed by atoms with van der Waals surface area (Å²) in [5.41, 5.74) is 0. The van der Waals surface area contributed by atoms with Crippen LogP contribution in [0, 0.1) is 0 Å². The van der Waals surface area contributed by atoms with Crippen molar-refractivity contribution in [1.82, 2.24) is 15.0 Å². The molecule has 9 heteroatoms. The lowest BCUT2D eigenvalue weighted by atomic mass is 10.2. The molecular formula is C12H20F3N5O. The minimum absolute atomic E-state index is 0.0691. The summed E-state index contributed by atoms with van der Waals surface area (Å²) in [5, 5.41) is 5.65. The molecule has 120 valence electrons. The van der Waals surface area contributed by atoms with Gasteiger partial charge in [0, 0.05) is 20.0 Å². The van der Waals surface area contributed by atoms with Crippen LogP contribution in [-0.2, 0) is 0 Å². The third-order valence-corrected chi connectivity index (χ3v) is 2.44. The number of halogens is 3. The fourth-order valence-electron chi connectivity index (χ4n) is 1.46. The Hall–Kier alpha value is -1.80. The minimum Gasteiger partial charge on any atom is -0.463 e. The smallest absolute Gasteiger partial charge is 0.389 e. The number of aromatic nitrogens is 3. The van der Waals surface area contributed by atoms with Crippen LogP contribution in [-0.4, -0.2) is 41.3 Å². The predicted octanol–water partition coefficient (Wildman–Crippen LogP) is 2.85. The second-order valence-corrected chi connectivity index (χ2v) is 4.36. The van der Waals surface area contributed by atoms with Crippen molar-refractivity contribution in [1.29, 1.82) is 0 Å². The highest BCUT2D eigenvalue weighted by Gasteiger charge is 2.25. The molecule has 0 saturated carbocycles. The largest absolute Gasteiger partial charge is 0.463 e. The van der Waals surface area contributed by atoms with Crippen molar-refractivity contribution in [2.45, 2.75) is 38.8 Å². The summed E-state index contributed by atoms with van der Waals surface area (Å²) < 4.78 is 41.3. The highest BCUT2D eigenvalue weighted by molar-refractivity contribution is 5.35. The van der Waals surface area contributed by atoms with Gasteiger partial charge in [-0.2, -0.15) is 28.1 Å². The molecule has 1 rings (SSSR count). The lowest BCUT2D eigenvalue weighted by Gasteiger charge is -2.09. The van der Waals surface area contributed by atoms with Gasteiger partial charge in [-0.15, -0.1) is 0 Å². The SMILES string of the molecule is CCCOc1nc(NC)nc(NCCCCC(F)(F)F)n1. The van der Waals surface area contributed by atoms with E-state index in [0.717, 1.165) is 6.42 Å². The average molecular weight is 307 g/mol. The van der Waals surface area contributed by atoms with Gasteiger partial charge in [-0.3, -0.25) is 0 Å². The summed E-state index contributed by atoms with van der Waals surface area (Å²) in [4.78, 5) is 12.1. The van der Waals surface area contributed by atoms with E-state index in [1.54, 1.807) is 7.05 Å². The number of ether oxygens (including phenoxy) is 1. The van der Waals surface area contributed by atoms with Crippen LogP contribution in [0.15, 0.2) is 0 Å². The van der Waals surface area contributed by atoms with Crippen LogP contribution in [0.2, 0.25) is 0 Å². The van der Waals surface area contributed by atoms with E-state index in [-0.39, 0.29) is 18.4 Å².